The SMILES string of the molecule is C=CC1=C(C=C)C(=O)N(C)C1=O.CC(C)(C)OC=O. The molecule has 1 aliphatic rings. The van der Waals surface area contributed by atoms with Gasteiger partial charge in [0, 0.05) is 7.05 Å². The van der Waals surface area contributed by atoms with Gasteiger partial charge in [0.1, 0.15) is 5.60 Å². The fourth-order valence-electron chi connectivity index (χ4n) is 1.22. The number of rotatable bonds is 3. The number of nitrogens with zero attached hydrogens (tertiary/aromatic N) is 1. The third-order valence-electron chi connectivity index (χ3n) is 2.17. The van der Waals surface area contributed by atoms with E-state index in [1.807, 2.05) is 20.8 Å². The van der Waals surface area contributed by atoms with Crippen LogP contribution >= 0.6 is 0 Å². The zero-order valence-corrected chi connectivity index (χ0v) is 11.7. The first-order chi connectivity index (χ1) is 8.69. The highest BCUT2D eigenvalue weighted by atomic mass is 16.5. The van der Waals surface area contributed by atoms with Gasteiger partial charge in [-0.05, 0) is 20.8 Å². The van der Waals surface area contributed by atoms with Crippen molar-refractivity contribution in [3.05, 3.63) is 36.5 Å². The zero-order chi connectivity index (χ0) is 15.2. The molecule has 0 fully saturated rings. The van der Waals surface area contributed by atoms with E-state index in [1.165, 1.54) is 19.2 Å². The molecular formula is C14H19NO4. The maximum absolute atomic E-state index is 11.2. The molecule has 2 amide bonds. The number of imide groups is 1. The molecule has 0 aliphatic carbocycles. The van der Waals surface area contributed by atoms with Crippen molar-refractivity contribution >= 4 is 18.3 Å². The summed E-state index contributed by atoms with van der Waals surface area (Å²) in [5, 5.41) is 0. The van der Waals surface area contributed by atoms with E-state index < -0.39 is 0 Å². The standard InChI is InChI=1S/C9H9NO2.C5H10O2/c1-4-6-7(5-2)9(12)10(3)8(6)11;1-5(2,3)7-4-6/h4-5H,1-2H2,3H3;4H,1-3H3. The van der Waals surface area contributed by atoms with Crippen molar-refractivity contribution in [1.82, 2.24) is 4.90 Å². The Morgan fingerprint density at radius 2 is 1.42 bits per heavy atom. The van der Waals surface area contributed by atoms with Gasteiger partial charge in [-0.15, -0.1) is 0 Å². The quantitative estimate of drug-likeness (QED) is 0.574. The molecule has 1 heterocycles. The van der Waals surface area contributed by atoms with Crippen molar-refractivity contribution in [3.8, 4) is 0 Å². The Bertz CT molecular complexity index is 411. The first-order valence-electron chi connectivity index (χ1n) is 5.62. The van der Waals surface area contributed by atoms with Crippen molar-refractivity contribution in [2.75, 3.05) is 7.05 Å². The van der Waals surface area contributed by atoms with Crippen LogP contribution in [0.4, 0.5) is 0 Å². The van der Waals surface area contributed by atoms with Crippen molar-refractivity contribution in [3.63, 3.8) is 0 Å². The molecule has 19 heavy (non-hydrogen) atoms. The smallest absolute Gasteiger partial charge is 0.293 e. The molecule has 5 nitrogen and oxygen atoms in total. The fourth-order valence-corrected chi connectivity index (χ4v) is 1.22. The van der Waals surface area contributed by atoms with Gasteiger partial charge in [0.25, 0.3) is 18.3 Å². The molecule has 5 heteroatoms. The number of carbonyl (C=O) groups excluding carboxylic acids is 3. The number of hydrogen-bond donors (Lipinski definition) is 0. The highest BCUT2D eigenvalue weighted by molar-refractivity contribution is 6.21. The Balaban J connectivity index is 0.000000399. The van der Waals surface area contributed by atoms with E-state index in [9.17, 15) is 14.4 Å². The van der Waals surface area contributed by atoms with E-state index in [2.05, 4.69) is 17.9 Å². The summed E-state index contributed by atoms with van der Waals surface area (Å²) in [6.07, 6.45) is 2.75. The molecule has 0 radical (unpaired) electrons. The minimum absolute atomic E-state index is 0.315. The third-order valence-corrected chi connectivity index (χ3v) is 2.17. The highest BCUT2D eigenvalue weighted by Crippen LogP contribution is 2.20. The first-order valence-corrected chi connectivity index (χ1v) is 5.62. The van der Waals surface area contributed by atoms with Crippen LogP contribution in [0.3, 0.4) is 0 Å². The Morgan fingerprint density at radius 1 is 1.05 bits per heavy atom. The summed E-state index contributed by atoms with van der Waals surface area (Å²) < 4.78 is 4.55. The molecule has 1 rings (SSSR count). The molecule has 0 saturated heterocycles. The maximum Gasteiger partial charge on any atom is 0.293 e. The Labute approximate surface area is 113 Å². The predicted molar refractivity (Wildman–Crippen MR) is 72.1 cm³/mol. The summed E-state index contributed by atoms with van der Waals surface area (Å²) in [5.41, 5.74) is 0.344. The van der Waals surface area contributed by atoms with Crippen LogP contribution in [0.2, 0.25) is 0 Å². The van der Waals surface area contributed by atoms with Crippen LogP contribution in [0.5, 0.6) is 0 Å². The van der Waals surface area contributed by atoms with E-state index in [0.717, 1.165) is 4.90 Å². The summed E-state index contributed by atoms with van der Waals surface area (Å²) in [6, 6.07) is 0. The zero-order valence-electron chi connectivity index (χ0n) is 11.7. The molecule has 0 spiro atoms. The van der Waals surface area contributed by atoms with Crippen LogP contribution in [0.1, 0.15) is 20.8 Å². The molecule has 0 aromatic carbocycles. The highest BCUT2D eigenvalue weighted by Gasteiger charge is 2.31. The largest absolute Gasteiger partial charge is 0.462 e. The van der Waals surface area contributed by atoms with E-state index >= 15 is 0 Å². The number of ether oxygens (including phenoxy) is 1. The summed E-state index contributed by atoms with van der Waals surface area (Å²) >= 11 is 0. The second kappa shape index (κ2) is 6.68. The van der Waals surface area contributed by atoms with Gasteiger partial charge in [-0.2, -0.15) is 0 Å². The lowest BCUT2D eigenvalue weighted by Gasteiger charge is -2.14. The molecule has 0 saturated carbocycles. The molecule has 0 bridgehead atoms. The lowest BCUT2D eigenvalue weighted by molar-refractivity contribution is -0.139. The lowest BCUT2D eigenvalue weighted by Crippen LogP contribution is -2.26. The Kier molecular flexibility index (Phi) is 5.92. The van der Waals surface area contributed by atoms with Crippen LogP contribution in [0.15, 0.2) is 36.5 Å². The van der Waals surface area contributed by atoms with Gasteiger partial charge in [0.2, 0.25) is 0 Å². The molecule has 0 aromatic heterocycles. The van der Waals surface area contributed by atoms with Gasteiger partial charge < -0.3 is 4.74 Å². The number of likely N-dealkylation sites (N-methyl/N-ethyl adjacent to an activating group) is 1. The molecule has 0 aromatic rings. The van der Waals surface area contributed by atoms with Crippen LogP contribution in [0.25, 0.3) is 0 Å². The first kappa shape index (κ1) is 16.8. The minimum Gasteiger partial charge on any atom is -0.462 e. The van der Waals surface area contributed by atoms with E-state index in [1.54, 1.807) is 0 Å². The van der Waals surface area contributed by atoms with Gasteiger partial charge in [-0.3, -0.25) is 19.3 Å². The predicted octanol–water partition coefficient (Wildman–Crippen LogP) is 1.61. The van der Waals surface area contributed by atoms with Crippen LogP contribution < -0.4 is 0 Å². The van der Waals surface area contributed by atoms with Crippen molar-refractivity contribution < 1.29 is 19.1 Å². The van der Waals surface area contributed by atoms with Gasteiger partial charge in [-0.1, -0.05) is 25.3 Å². The molecule has 0 N–H and O–H groups in total. The summed E-state index contributed by atoms with van der Waals surface area (Å²) in [4.78, 5) is 33.1. The van der Waals surface area contributed by atoms with Crippen LogP contribution in [-0.4, -0.2) is 35.8 Å². The average Bonchev–Trinajstić information content (AvgIpc) is 2.52. The number of hydrogen-bond acceptors (Lipinski definition) is 4. The van der Waals surface area contributed by atoms with Gasteiger partial charge in [-0.25, -0.2) is 0 Å². The maximum atomic E-state index is 11.2. The van der Waals surface area contributed by atoms with Crippen molar-refractivity contribution in [2.45, 2.75) is 26.4 Å². The Hall–Kier alpha value is -2.17. The second-order valence-electron chi connectivity index (χ2n) is 4.73. The van der Waals surface area contributed by atoms with E-state index in [0.29, 0.717) is 17.6 Å². The van der Waals surface area contributed by atoms with E-state index in [4.69, 9.17) is 0 Å². The van der Waals surface area contributed by atoms with Gasteiger partial charge in [0.15, 0.2) is 0 Å². The fraction of sp³-hybridized carbons (Fsp3) is 0.357. The average molecular weight is 265 g/mol. The molecule has 0 unspecified atom stereocenters. The third kappa shape index (κ3) is 4.54. The number of amides is 2. The van der Waals surface area contributed by atoms with Crippen LogP contribution in [-0.2, 0) is 19.1 Å². The Morgan fingerprint density at radius 3 is 1.58 bits per heavy atom. The lowest BCUT2D eigenvalue weighted by atomic mass is 10.1. The normalized spacial score (nSPS) is 14.8. The topological polar surface area (TPSA) is 63.7 Å². The van der Waals surface area contributed by atoms with Gasteiger partial charge in [0.05, 0.1) is 11.1 Å². The summed E-state index contributed by atoms with van der Waals surface area (Å²) in [5.74, 6) is -0.630. The summed E-state index contributed by atoms with van der Waals surface area (Å²) in [6.45, 7) is 12.8. The van der Waals surface area contributed by atoms with Crippen molar-refractivity contribution in [2.24, 2.45) is 0 Å². The summed E-state index contributed by atoms with van der Waals surface area (Å²) in [7, 11) is 1.44. The monoisotopic (exact) mass is 265 g/mol. The molecule has 0 atom stereocenters. The number of carbonyl (C=O) groups is 3. The molecular weight excluding hydrogens is 246 g/mol. The van der Waals surface area contributed by atoms with Crippen molar-refractivity contribution in [1.29, 1.82) is 0 Å². The molecule has 104 valence electrons. The van der Waals surface area contributed by atoms with Crippen LogP contribution in [0, 0.1) is 0 Å². The van der Waals surface area contributed by atoms with Gasteiger partial charge >= 0.3 is 0 Å². The van der Waals surface area contributed by atoms with E-state index in [-0.39, 0.29) is 17.4 Å². The molecule has 1 aliphatic heterocycles. The second-order valence-corrected chi connectivity index (χ2v) is 4.73. The minimum atomic E-state index is -0.318.